The zero-order chi connectivity index (χ0) is 12.6. The first-order valence-corrected chi connectivity index (χ1v) is 7.92. The number of hydrogen-bond acceptors (Lipinski definition) is 3. The molecule has 1 aromatic rings. The van der Waals surface area contributed by atoms with E-state index in [0.717, 1.165) is 10.0 Å². The van der Waals surface area contributed by atoms with E-state index in [-0.39, 0.29) is 12.3 Å². The number of rotatable bonds is 3. The van der Waals surface area contributed by atoms with E-state index in [1.165, 1.54) is 4.31 Å². The fraction of sp³-hybridized carbons (Fsp3) is 0.400. The molecule has 1 aliphatic rings. The summed E-state index contributed by atoms with van der Waals surface area (Å²) in [6.07, 6.45) is 0.679. The summed E-state index contributed by atoms with van der Waals surface area (Å²) in [5.74, 6) is -0.0567. The number of fused-ring (bicyclic) bond motifs is 1. The van der Waals surface area contributed by atoms with Gasteiger partial charge in [-0.2, -0.15) is 0 Å². The number of halogens is 2. The zero-order valence-electron chi connectivity index (χ0n) is 8.99. The van der Waals surface area contributed by atoms with Gasteiger partial charge in [-0.15, -0.1) is 0 Å². The van der Waals surface area contributed by atoms with Crippen LogP contribution >= 0.6 is 27.5 Å². The third kappa shape index (κ3) is 2.45. The highest BCUT2D eigenvalue weighted by Crippen LogP contribution is 2.39. The molecular formula is C10H12BrClN2O2S. The minimum atomic E-state index is -3.35. The fourth-order valence-electron chi connectivity index (χ4n) is 1.96. The highest BCUT2D eigenvalue weighted by Gasteiger charge is 2.31. The molecular weight excluding hydrogens is 328 g/mol. The summed E-state index contributed by atoms with van der Waals surface area (Å²) >= 11 is 9.45. The summed E-state index contributed by atoms with van der Waals surface area (Å²) in [5, 5.41) is 0.451. The summed E-state index contributed by atoms with van der Waals surface area (Å²) in [5.41, 5.74) is 6.87. The normalized spacial score (nSPS) is 15.1. The van der Waals surface area contributed by atoms with Crippen molar-refractivity contribution in [2.24, 2.45) is 5.73 Å². The molecule has 0 unspecified atom stereocenters. The van der Waals surface area contributed by atoms with Crippen molar-refractivity contribution in [3.8, 4) is 0 Å². The van der Waals surface area contributed by atoms with E-state index in [1.54, 1.807) is 6.07 Å². The second kappa shape index (κ2) is 4.76. The Kier molecular flexibility index (Phi) is 3.68. The number of sulfonamides is 1. The van der Waals surface area contributed by atoms with Crippen molar-refractivity contribution < 1.29 is 8.42 Å². The van der Waals surface area contributed by atoms with Gasteiger partial charge in [0.15, 0.2) is 0 Å². The van der Waals surface area contributed by atoms with Gasteiger partial charge in [0.25, 0.3) is 0 Å². The van der Waals surface area contributed by atoms with Crippen LogP contribution in [0.2, 0.25) is 5.02 Å². The molecule has 7 heteroatoms. The highest BCUT2D eigenvalue weighted by molar-refractivity contribution is 9.10. The minimum Gasteiger partial charge on any atom is -0.329 e. The lowest BCUT2D eigenvalue weighted by molar-refractivity contribution is 0.592. The van der Waals surface area contributed by atoms with E-state index in [4.69, 9.17) is 17.3 Å². The molecule has 0 aliphatic carbocycles. The van der Waals surface area contributed by atoms with E-state index in [2.05, 4.69) is 15.9 Å². The van der Waals surface area contributed by atoms with Crippen LogP contribution in [0.1, 0.15) is 5.56 Å². The van der Waals surface area contributed by atoms with Gasteiger partial charge < -0.3 is 5.73 Å². The van der Waals surface area contributed by atoms with Crippen molar-refractivity contribution in [1.82, 2.24) is 0 Å². The Bertz CT molecular complexity index is 547. The minimum absolute atomic E-state index is 0.0567. The first-order valence-electron chi connectivity index (χ1n) is 5.14. The van der Waals surface area contributed by atoms with Crippen LogP contribution in [-0.4, -0.2) is 27.3 Å². The van der Waals surface area contributed by atoms with Gasteiger partial charge in [0.1, 0.15) is 0 Å². The number of benzene rings is 1. The van der Waals surface area contributed by atoms with Crippen LogP contribution in [0.25, 0.3) is 0 Å². The molecule has 0 amide bonds. The largest absolute Gasteiger partial charge is 0.329 e. The molecule has 17 heavy (non-hydrogen) atoms. The Labute approximate surface area is 114 Å². The average Bonchev–Trinajstić information content (AvgIpc) is 2.61. The van der Waals surface area contributed by atoms with Gasteiger partial charge in [-0.3, -0.25) is 4.31 Å². The Morgan fingerprint density at radius 3 is 2.82 bits per heavy atom. The molecule has 0 spiro atoms. The molecule has 0 atom stereocenters. The van der Waals surface area contributed by atoms with Crippen molar-refractivity contribution in [1.29, 1.82) is 0 Å². The molecule has 0 radical (unpaired) electrons. The van der Waals surface area contributed by atoms with Crippen LogP contribution in [-0.2, 0) is 16.4 Å². The molecule has 0 bridgehead atoms. The third-order valence-electron chi connectivity index (χ3n) is 2.65. The molecule has 1 aliphatic heterocycles. The quantitative estimate of drug-likeness (QED) is 0.912. The van der Waals surface area contributed by atoms with Crippen LogP contribution in [0.5, 0.6) is 0 Å². The Morgan fingerprint density at radius 1 is 1.47 bits per heavy atom. The number of hydrogen-bond donors (Lipinski definition) is 1. The van der Waals surface area contributed by atoms with Crippen molar-refractivity contribution in [3.63, 3.8) is 0 Å². The first kappa shape index (κ1) is 13.1. The third-order valence-corrected chi connectivity index (χ3v) is 5.19. The van der Waals surface area contributed by atoms with E-state index in [1.807, 2.05) is 6.07 Å². The summed E-state index contributed by atoms with van der Waals surface area (Å²) in [6.45, 7) is 0.552. The van der Waals surface area contributed by atoms with Gasteiger partial charge in [-0.25, -0.2) is 8.42 Å². The number of nitrogens with zero attached hydrogens (tertiary/aromatic N) is 1. The maximum absolute atomic E-state index is 12.0. The summed E-state index contributed by atoms with van der Waals surface area (Å²) in [6, 6.07) is 3.61. The van der Waals surface area contributed by atoms with Crippen LogP contribution in [0, 0.1) is 0 Å². The van der Waals surface area contributed by atoms with Gasteiger partial charge in [0.2, 0.25) is 10.0 Å². The fourth-order valence-corrected chi connectivity index (χ4v) is 4.37. The van der Waals surface area contributed by atoms with E-state index < -0.39 is 10.0 Å². The van der Waals surface area contributed by atoms with Crippen LogP contribution in [0.4, 0.5) is 5.69 Å². The summed E-state index contributed by atoms with van der Waals surface area (Å²) < 4.78 is 26.2. The summed E-state index contributed by atoms with van der Waals surface area (Å²) in [4.78, 5) is 0. The predicted octanol–water partition coefficient (Wildman–Crippen LogP) is 1.75. The van der Waals surface area contributed by atoms with Gasteiger partial charge in [0, 0.05) is 17.6 Å². The standard InChI is InChI=1S/C10H12BrClN2O2S/c11-8-5-7-1-3-14(10(7)9(12)6-8)17(15,16)4-2-13/h5-6H,1-4,13H2. The van der Waals surface area contributed by atoms with Crippen molar-refractivity contribution in [2.45, 2.75) is 6.42 Å². The van der Waals surface area contributed by atoms with Gasteiger partial charge in [-0.05, 0) is 24.1 Å². The lowest BCUT2D eigenvalue weighted by Crippen LogP contribution is -2.34. The van der Waals surface area contributed by atoms with Crippen molar-refractivity contribution in [3.05, 3.63) is 27.2 Å². The molecule has 1 aromatic carbocycles. The van der Waals surface area contributed by atoms with Crippen LogP contribution in [0.3, 0.4) is 0 Å². The van der Waals surface area contributed by atoms with Crippen molar-refractivity contribution >= 4 is 43.2 Å². The van der Waals surface area contributed by atoms with E-state index in [9.17, 15) is 8.42 Å². The average molecular weight is 340 g/mol. The predicted molar refractivity (Wildman–Crippen MR) is 73.0 cm³/mol. The van der Waals surface area contributed by atoms with Crippen LogP contribution in [0.15, 0.2) is 16.6 Å². The molecule has 1 heterocycles. The van der Waals surface area contributed by atoms with Crippen LogP contribution < -0.4 is 10.0 Å². The first-order chi connectivity index (χ1) is 7.95. The second-order valence-corrected chi connectivity index (χ2v) is 7.16. The van der Waals surface area contributed by atoms with Crippen molar-refractivity contribution in [2.75, 3.05) is 23.1 Å². The highest BCUT2D eigenvalue weighted by atomic mass is 79.9. The Balaban J connectivity index is 2.47. The lowest BCUT2D eigenvalue weighted by atomic mass is 10.2. The van der Waals surface area contributed by atoms with Gasteiger partial charge >= 0.3 is 0 Å². The molecule has 0 saturated heterocycles. The molecule has 4 nitrogen and oxygen atoms in total. The number of nitrogens with two attached hydrogens (primary N) is 1. The van der Waals surface area contributed by atoms with E-state index in [0.29, 0.717) is 23.7 Å². The molecule has 0 aromatic heterocycles. The zero-order valence-corrected chi connectivity index (χ0v) is 12.1. The molecule has 2 rings (SSSR count). The molecule has 0 fully saturated rings. The molecule has 94 valence electrons. The maximum atomic E-state index is 12.0. The van der Waals surface area contributed by atoms with Gasteiger partial charge in [0.05, 0.1) is 16.5 Å². The smallest absolute Gasteiger partial charge is 0.236 e. The Morgan fingerprint density at radius 2 is 2.18 bits per heavy atom. The number of anilines is 1. The lowest BCUT2D eigenvalue weighted by Gasteiger charge is -2.20. The Hall–Kier alpha value is -0.300. The second-order valence-electron chi connectivity index (χ2n) is 3.82. The topological polar surface area (TPSA) is 63.4 Å². The molecule has 2 N–H and O–H groups in total. The monoisotopic (exact) mass is 338 g/mol. The molecule has 0 saturated carbocycles. The summed E-state index contributed by atoms with van der Waals surface area (Å²) in [7, 11) is -3.35. The van der Waals surface area contributed by atoms with E-state index >= 15 is 0 Å². The van der Waals surface area contributed by atoms with Gasteiger partial charge in [-0.1, -0.05) is 27.5 Å². The maximum Gasteiger partial charge on any atom is 0.236 e. The SMILES string of the molecule is NCCS(=O)(=O)N1CCc2cc(Br)cc(Cl)c21.